The normalized spacial score (nSPS) is 23.3. The minimum Gasteiger partial charge on any atom is -0.371 e. The number of likely N-dealkylation sites (tertiary alicyclic amines) is 1. The molecule has 0 spiro atoms. The highest BCUT2D eigenvalue weighted by molar-refractivity contribution is 6.03. The molecular weight excluding hydrogens is 398 g/mol. The Kier molecular flexibility index (Phi) is 5.90. The van der Waals surface area contributed by atoms with E-state index in [4.69, 9.17) is 0 Å². The highest BCUT2D eigenvalue weighted by atomic mass is 16.2. The maximum absolute atomic E-state index is 13.4. The number of carbonyl (C=O) groups excluding carboxylic acids is 2. The number of hydrogen-bond acceptors (Lipinski definition) is 3. The van der Waals surface area contributed by atoms with E-state index in [1.54, 1.807) is 0 Å². The maximum Gasteiger partial charge on any atom is 0.256 e. The Hall–Kier alpha value is -2.82. The van der Waals surface area contributed by atoms with Crippen LogP contribution in [0.4, 0.5) is 11.4 Å². The van der Waals surface area contributed by atoms with E-state index in [0.29, 0.717) is 5.92 Å². The number of piperidine rings is 1. The summed E-state index contributed by atoms with van der Waals surface area (Å²) in [6.45, 7) is 5.91. The lowest BCUT2D eigenvalue weighted by Gasteiger charge is -2.34. The van der Waals surface area contributed by atoms with E-state index in [0.717, 1.165) is 81.1 Å². The summed E-state index contributed by atoms with van der Waals surface area (Å²) in [5, 5.41) is 3.10. The second-order valence-corrected chi connectivity index (χ2v) is 9.75. The molecule has 5 heteroatoms. The van der Waals surface area contributed by atoms with Gasteiger partial charge in [-0.2, -0.15) is 0 Å². The third-order valence-electron chi connectivity index (χ3n) is 7.37. The van der Waals surface area contributed by atoms with Crippen molar-refractivity contribution < 1.29 is 9.59 Å². The average molecular weight is 432 g/mol. The SMILES string of the molecule is CC1CCN(c2ccc(NC(=O)C3CC3c3ccccc3)cc2C(=O)N2CCCC2)CC1. The number of amides is 2. The Labute approximate surface area is 190 Å². The van der Waals surface area contributed by atoms with Gasteiger partial charge in [0, 0.05) is 43.5 Å². The molecule has 2 aromatic carbocycles. The minimum atomic E-state index is 0.0124. The highest BCUT2D eigenvalue weighted by Gasteiger charge is 2.43. The van der Waals surface area contributed by atoms with Crippen LogP contribution in [-0.4, -0.2) is 42.9 Å². The van der Waals surface area contributed by atoms with Gasteiger partial charge in [0.05, 0.1) is 5.56 Å². The van der Waals surface area contributed by atoms with Gasteiger partial charge < -0.3 is 15.1 Å². The number of anilines is 2. The first-order chi connectivity index (χ1) is 15.6. The molecule has 0 bridgehead atoms. The van der Waals surface area contributed by atoms with Crippen LogP contribution in [0, 0.1) is 11.8 Å². The van der Waals surface area contributed by atoms with Crippen molar-refractivity contribution in [2.24, 2.45) is 11.8 Å². The third-order valence-corrected chi connectivity index (χ3v) is 7.37. The zero-order valence-electron chi connectivity index (χ0n) is 18.9. The van der Waals surface area contributed by atoms with Crippen LogP contribution in [0.25, 0.3) is 0 Å². The molecule has 0 aromatic heterocycles. The van der Waals surface area contributed by atoms with Crippen molar-refractivity contribution in [1.29, 1.82) is 0 Å². The zero-order valence-corrected chi connectivity index (χ0v) is 18.9. The van der Waals surface area contributed by atoms with Crippen LogP contribution < -0.4 is 10.2 Å². The molecule has 0 radical (unpaired) electrons. The van der Waals surface area contributed by atoms with E-state index in [9.17, 15) is 9.59 Å². The van der Waals surface area contributed by atoms with Crippen molar-refractivity contribution in [1.82, 2.24) is 4.90 Å². The van der Waals surface area contributed by atoms with E-state index in [1.807, 2.05) is 41.3 Å². The van der Waals surface area contributed by atoms with E-state index < -0.39 is 0 Å². The van der Waals surface area contributed by atoms with Gasteiger partial charge in [-0.15, -0.1) is 0 Å². The first kappa shape index (κ1) is 21.0. The van der Waals surface area contributed by atoms with E-state index in [2.05, 4.69) is 29.3 Å². The first-order valence-corrected chi connectivity index (χ1v) is 12.1. The monoisotopic (exact) mass is 431 g/mol. The van der Waals surface area contributed by atoms with Crippen LogP contribution >= 0.6 is 0 Å². The van der Waals surface area contributed by atoms with E-state index in [1.165, 1.54) is 5.56 Å². The molecule has 168 valence electrons. The standard InChI is InChI=1S/C27H33N3O2/c1-19-11-15-29(16-12-19)25-10-9-21(17-24(25)27(32)30-13-5-6-14-30)28-26(31)23-18-22(23)20-7-3-2-4-8-20/h2-4,7-10,17,19,22-23H,5-6,11-16,18H2,1H3,(H,28,31). The molecule has 2 heterocycles. The lowest BCUT2D eigenvalue weighted by atomic mass is 9.97. The highest BCUT2D eigenvalue weighted by Crippen LogP contribution is 2.48. The van der Waals surface area contributed by atoms with Crippen LogP contribution in [-0.2, 0) is 4.79 Å². The van der Waals surface area contributed by atoms with Gasteiger partial charge in [-0.3, -0.25) is 9.59 Å². The molecule has 32 heavy (non-hydrogen) atoms. The summed E-state index contributed by atoms with van der Waals surface area (Å²) < 4.78 is 0. The fourth-order valence-electron chi connectivity index (χ4n) is 5.19. The first-order valence-electron chi connectivity index (χ1n) is 12.1. The molecule has 2 amide bonds. The van der Waals surface area contributed by atoms with Gasteiger partial charge in [0.2, 0.25) is 5.91 Å². The van der Waals surface area contributed by atoms with Gasteiger partial charge in [-0.25, -0.2) is 0 Å². The molecule has 1 aliphatic carbocycles. The van der Waals surface area contributed by atoms with Gasteiger partial charge in [0.25, 0.3) is 5.91 Å². The van der Waals surface area contributed by atoms with Gasteiger partial charge in [0.15, 0.2) is 0 Å². The van der Waals surface area contributed by atoms with Gasteiger partial charge >= 0.3 is 0 Å². The summed E-state index contributed by atoms with van der Waals surface area (Å²) in [6, 6.07) is 16.2. The van der Waals surface area contributed by atoms with Gasteiger partial charge in [-0.05, 0) is 67.7 Å². The van der Waals surface area contributed by atoms with Crippen LogP contribution in [0.5, 0.6) is 0 Å². The Morgan fingerprint density at radius 3 is 2.38 bits per heavy atom. The molecule has 5 nitrogen and oxygen atoms in total. The molecule has 1 saturated carbocycles. The van der Waals surface area contributed by atoms with Crippen molar-refractivity contribution >= 4 is 23.2 Å². The fraction of sp³-hybridized carbons (Fsp3) is 0.481. The van der Waals surface area contributed by atoms with Crippen molar-refractivity contribution in [2.45, 2.75) is 44.9 Å². The van der Waals surface area contributed by atoms with Gasteiger partial charge in [0.1, 0.15) is 0 Å². The largest absolute Gasteiger partial charge is 0.371 e. The number of rotatable bonds is 5. The Morgan fingerprint density at radius 1 is 0.938 bits per heavy atom. The lowest BCUT2D eigenvalue weighted by Crippen LogP contribution is -2.35. The molecule has 2 atom stereocenters. The molecule has 2 aliphatic heterocycles. The molecule has 1 N–H and O–H groups in total. The molecule has 2 unspecified atom stereocenters. The van der Waals surface area contributed by atoms with Crippen LogP contribution in [0.3, 0.4) is 0 Å². The number of hydrogen-bond donors (Lipinski definition) is 1. The van der Waals surface area contributed by atoms with Crippen molar-refractivity contribution in [3.8, 4) is 0 Å². The molecule has 5 rings (SSSR count). The fourth-order valence-corrected chi connectivity index (χ4v) is 5.19. The average Bonchev–Trinajstić information content (AvgIpc) is 3.45. The number of carbonyl (C=O) groups is 2. The molecular formula is C27H33N3O2. The number of nitrogens with one attached hydrogen (secondary N) is 1. The summed E-state index contributed by atoms with van der Waals surface area (Å²) in [7, 11) is 0. The second kappa shape index (κ2) is 8.97. The topological polar surface area (TPSA) is 52.7 Å². The summed E-state index contributed by atoms with van der Waals surface area (Å²) in [5.74, 6) is 1.20. The quantitative estimate of drug-likeness (QED) is 0.733. The molecule has 2 saturated heterocycles. The number of benzene rings is 2. The van der Waals surface area contributed by atoms with Crippen molar-refractivity contribution in [2.75, 3.05) is 36.4 Å². The number of nitrogens with zero attached hydrogens (tertiary/aromatic N) is 2. The summed E-state index contributed by atoms with van der Waals surface area (Å²) in [4.78, 5) is 30.6. The van der Waals surface area contributed by atoms with Crippen molar-refractivity contribution in [3.05, 3.63) is 59.7 Å². The summed E-state index contributed by atoms with van der Waals surface area (Å²) >= 11 is 0. The summed E-state index contributed by atoms with van der Waals surface area (Å²) in [5.41, 5.74) is 3.70. The summed E-state index contributed by atoms with van der Waals surface area (Å²) in [6.07, 6.45) is 5.33. The molecule has 2 aromatic rings. The Morgan fingerprint density at radius 2 is 1.66 bits per heavy atom. The van der Waals surface area contributed by atoms with E-state index in [-0.39, 0.29) is 17.7 Å². The Balaban J connectivity index is 1.34. The Bertz CT molecular complexity index is 976. The predicted molar refractivity (Wildman–Crippen MR) is 128 cm³/mol. The van der Waals surface area contributed by atoms with Crippen LogP contribution in [0.2, 0.25) is 0 Å². The predicted octanol–water partition coefficient (Wildman–Crippen LogP) is 4.90. The zero-order chi connectivity index (χ0) is 22.1. The second-order valence-electron chi connectivity index (χ2n) is 9.75. The van der Waals surface area contributed by atoms with E-state index >= 15 is 0 Å². The van der Waals surface area contributed by atoms with Crippen LogP contribution in [0.15, 0.2) is 48.5 Å². The van der Waals surface area contributed by atoms with Crippen molar-refractivity contribution in [3.63, 3.8) is 0 Å². The molecule has 3 aliphatic rings. The van der Waals surface area contributed by atoms with Gasteiger partial charge in [-0.1, -0.05) is 37.3 Å². The smallest absolute Gasteiger partial charge is 0.256 e. The molecule has 3 fully saturated rings. The third kappa shape index (κ3) is 4.38. The lowest BCUT2D eigenvalue weighted by molar-refractivity contribution is -0.117. The van der Waals surface area contributed by atoms with Crippen LogP contribution in [0.1, 0.15) is 60.9 Å². The maximum atomic E-state index is 13.4. The minimum absolute atomic E-state index is 0.0124.